The molecule has 0 saturated carbocycles. The van der Waals surface area contributed by atoms with Crippen LogP contribution in [0.1, 0.15) is 4.88 Å². The summed E-state index contributed by atoms with van der Waals surface area (Å²) < 4.78 is 24.5. The fourth-order valence-corrected chi connectivity index (χ4v) is 2.66. The lowest BCUT2D eigenvalue weighted by Crippen LogP contribution is -2.01. The van der Waals surface area contributed by atoms with E-state index in [0.717, 1.165) is 6.42 Å². The van der Waals surface area contributed by atoms with Crippen molar-refractivity contribution in [2.24, 2.45) is 0 Å². The second kappa shape index (κ2) is 5.92. The predicted molar refractivity (Wildman–Crippen MR) is 77.6 cm³/mol. The summed E-state index contributed by atoms with van der Waals surface area (Å²) in [5.74, 6) is 0.940. The average Bonchev–Trinajstić information content (AvgIpc) is 3.12. The highest BCUT2D eigenvalue weighted by Gasteiger charge is 2.10. The standard InChI is InChI=1S/C16H13FO2S/c17-12-5-6-16(14(11-12)15-4-1-8-18-15)19-9-7-13-3-2-10-20-13/h1-6,8,10-11H,7,9H2. The van der Waals surface area contributed by atoms with Crippen LogP contribution in [0.15, 0.2) is 58.5 Å². The summed E-state index contributed by atoms with van der Waals surface area (Å²) in [5, 5.41) is 2.04. The maximum atomic E-state index is 13.4. The van der Waals surface area contributed by atoms with Crippen LogP contribution >= 0.6 is 11.3 Å². The zero-order valence-electron chi connectivity index (χ0n) is 10.7. The summed E-state index contributed by atoms with van der Waals surface area (Å²) >= 11 is 1.70. The average molecular weight is 288 g/mol. The zero-order valence-corrected chi connectivity index (χ0v) is 11.5. The van der Waals surface area contributed by atoms with Gasteiger partial charge < -0.3 is 9.15 Å². The summed E-state index contributed by atoms with van der Waals surface area (Å²) in [5.41, 5.74) is 0.640. The van der Waals surface area contributed by atoms with Crippen LogP contribution in [0.5, 0.6) is 5.75 Å². The molecule has 102 valence electrons. The van der Waals surface area contributed by atoms with E-state index in [1.54, 1.807) is 35.8 Å². The van der Waals surface area contributed by atoms with E-state index in [-0.39, 0.29) is 5.82 Å². The van der Waals surface area contributed by atoms with Crippen LogP contribution in [0.3, 0.4) is 0 Å². The lowest BCUT2D eigenvalue weighted by molar-refractivity contribution is 0.323. The third kappa shape index (κ3) is 2.91. The van der Waals surface area contributed by atoms with Crippen molar-refractivity contribution in [3.63, 3.8) is 0 Å². The molecule has 3 rings (SSSR count). The van der Waals surface area contributed by atoms with Gasteiger partial charge in [0.05, 0.1) is 18.4 Å². The minimum Gasteiger partial charge on any atom is -0.492 e. The Labute approximate surface area is 120 Å². The lowest BCUT2D eigenvalue weighted by Gasteiger charge is -2.09. The molecule has 0 amide bonds. The first-order valence-corrected chi connectivity index (χ1v) is 7.19. The molecule has 2 heterocycles. The molecule has 0 aliphatic carbocycles. The molecule has 0 aliphatic heterocycles. The van der Waals surface area contributed by atoms with E-state index in [1.165, 1.54) is 17.0 Å². The molecule has 0 N–H and O–H groups in total. The van der Waals surface area contributed by atoms with Crippen LogP contribution in [0.4, 0.5) is 4.39 Å². The van der Waals surface area contributed by atoms with Crippen molar-refractivity contribution in [1.29, 1.82) is 0 Å². The fraction of sp³-hybridized carbons (Fsp3) is 0.125. The molecule has 0 saturated heterocycles. The lowest BCUT2D eigenvalue weighted by atomic mass is 10.1. The molecule has 2 aromatic heterocycles. The number of benzene rings is 1. The van der Waals surface area contributed by atoms with Gasteiger partial charge in [-0.1, -0.05) is 6.07 Å². The van der Waals surface area contributed by atoms with Gasteiger partial charge in [-0.25, -0.2) is 4.39 Å². The van der Waals surface area contributed by atoms with E-state index in [1.807, 2.05) is 11.4 Å². The number of furan rings is 1. The van der Waals surface area contributed by atoms with Crippen molar-refractivity contribution < 1.29 is 13.5 Å². The third-order valence-corrected chi connectivity index (χ3v) is 3.85. The van der Waals surface area contributed by atoms with E-state index < -0.39 is 0 Å². The number of hydrogen-bond acceptors (Lipinski definition) is 3. The van der Waals surface area contributed by atoms with Gasteiger partial charge >= 0.3 is 0 Å². The van der Waals surface area contributed by atoms with Crippen molar-refractivity contribution in [3.8, 4) is 17.1 Å². The Kier molecular flexibility index (Phi) is 3.83. The second-order valence-corrected chi connectivity index (χ2v) is 5.33. The van der Waals surface area contributed by atoms with Crippen LogP contribution in [-0.4, -0.2) is 6.61 Å². The minimum absolute atomic E-state index is 0.304. The molecule has 0 radical (unpaired) electrons. The van der Waals surface area contributed by atoms with Gasteiger partial charge in [0.2, 0.25) is 0 Å². The van der Waals surface area contributed by atoms with Crippen LogP contribution < -0.4 is 4.74 Å². The number of halogens is 1. The monoisotopic (exact) mass is 288 g/mol. The molecular formula is C16H13FO2S. The largest absolute Gasteiger partial charge is 0.492 e. The quantitative estimate of drug-likeness (QED) is 0.675. The van der Waals surface area contributed by atoms with E-state index in [0.29, 0.717) is 23.7 Å². The van der Waals surface area contributed by atoms with Gasteiger partial charge in [0, 0.05) is 11.3 Å². The molecule has 0 unspecified atom stereocenters. The Bertz CT molecular complexity index is 660. The Balaban J connectivity index is 1.75. The number of thiophene rings is 1. The van der Waals surface area contributed by atoms with Gasteiger partial charge in [-0.05, 0) is 41.8 Å². The predicted octanol–water partition coefficient (Wildman–Crippen LogP) is 4.77. The summed E-state index contributed by atoms with van der Waals surface area (Å²) in [6, 6.07) is 12.1. The smallest absolute Gasteiger partial charge is 0.137 e. The first kappa shape index (κ1) is 12.9. The Hall–Kier alpha value is -2.07. The molecule has 0 atom stereocenters. The van der Waals surface area contributed by atoms with Crippen molar-refractivity contribution in [3.05, 3.63) is 64.8 Å². The Morgan fingerprint density at radius 2 is 2.10 bits per heavy atom. The van der Waals surface area contributed by atoms with Gasteiger partial charge in [0.25, 0.3) is 0 Å². The highest BCUT2D eigenvalue weighted by Crippen LogP contribution is 2.31. The van der Waals surface area contributed by atoms with E-state index in [2.05, 4.69) is 6.07 Å². The molecule has 0 bridgehead atoms. The number of ether oxygens (including phenoxy) is 1. The second-order valence-electron chi connectivity index (χ2n) is 4.30. The number of rotatable bonds is 5. The third-order valence-electron chi connectivity index (χ3n) is 2.91. The molecule has 20 heavy (non-hydrogen) atoms. The molecular weight excluding hydrogens is 275 g/mol. The Morgan fingerprint density at radius 1 is 1.15 bits per heavy atom. The normalized spacial score (nSPS) is 10.7. The van der Waals surface area contributed by atoms with Crippen LogP contribution in [-0.2, 0) is 6.42 Å². The molecule has 2 nitrogen and oxygen atoms in total. The minimum atomic E-state index is -0.304. The molecule has 3 aromatic rings. The molecule has 1 aromatic carbocycles. The van der Waals surface area contributed by atoms with Crippen molar-refractivity contribution in [1.82, 2.24) is 0 Å². The van der Waals surface area contributed by atoms with E-state index >= 15 is 0 Å². The van der Waals surface area contributed by atoms with Gasteiger partial charge in [-0.15, -0.1) is 11.3 Å². The zero-order chi connectivity index (χ0) is 13.8. The maximum Gasteiger partial charge on any atom is 0.137 e. The molecule has 4 heteroatoms. The van der Waals surface area contributed by atoms with Crippen LogP contribution in [0, 0.1) is 5.82 Å². The summed E-state index contributed by atoms with van der Waals surface area (Å²) in [7, 11) is 0. The van der Waals surface area contributed by atoms with Gasteiger partial charge in [0.15, 0.2) is 0 Å². The van der Waals surface area contributed by atoms with Crippen molar-refractivity contribution in [2.45, 2.75) is 6.42 Å². The Morgan fingerprint density at radius 3 is 2.85 bits per heavy atom. The van der Waals surface area contributed by atoms with Crippen LogP contribution in [0.25, 0.3) is 11.3 Å². The highest BCUT2D eigenvalue weighted by molar-refractivity contribution is 7.09. The topological polar surface area (TPSA) is 22.4 Å². The van der Waals surface area contributed by atoms with E-state index in [9.17, 15) is 4.39 Å². The summed E-state index contributed by atoms with van der Waals surface area (Å²) in [4.78, 5) is 1.27. The highest BCUT2D eigenvalue weighted by atomic mass is 32.1. The first-order valence-electron chi connectivity index (χ1n) is 6.31. The first-order chi connectivity index (χ1) is 9.83. The van der Waals surface area contributed by atoms with Gasteiger partial charge in [0.1, 0.15) is 17.3 Å². The van der Waals surface area contributed by atoms with Crippen molar-refractivity contribution >= 4 is 11.3 Å². The molecule has 0 aliphatic rings. The van der Waals surface area contributed by atoms with Gasteiger partial charge in [-0.3, -0.25) is 0 Å². The number of hydrogen-bond donors (Lipinski definition) is 0. The summed E-state index contributed by atoms with van der Waals surface area (Å²) in [6.45, 7) is 0.555. The van der Waals surface area contributed by atoms with Crippen molar-refractivity contribution in [2.75, 3.05) is 6.61 Å². The SMILES string of the molecule is Fc1ccc(OCCc2cccs2)c(-c2ccco2)c1. The fourth-order valence-electron chi connectivity index (χ4n) is 1.97. The summed E-state index contributed by atoms with van der Waals surface area (Å²) in [6.07, 6.45) is 2.41. The van der Waals surface area contributed by atoms with Gasteiger partial charge in [-0.2, -0.15) is 0 Å². The maximum absolute atomic E-state index is 13.4. The molecule has 0 spiro atoms. The van der Waals surface area contributed by atoms with Crippen LogP contribution in [0.2, 0.25) is 0 Å². The van der Waals surface area contributed by atoms with E-state index in [4.69, 9.17) is 9.15 Å². The molecule has 0 fully saturated rings.